The van der Waals surface area contributed by atoms with E-state index in [9.17, 15) is 10.4 Å². The smallest absolute Gasteiger partial charge is 0.101 e. The van der Waals surface area contributed by atoms with Gasteiger partial charge < -0.3 is 15.3 Å². The highest BCUT2D eigenvalue weighted by Crippen LogP contribution is 2.28. The molecule has 2 aromatic rings. The van der Waals surface area contributed by atoms with Crippen LogP contribution in [0.3, 0.4) is 0 Å². The second kappa shape index (κ2) is 7.58. The zero-order chi connectivity index (χ0) is 17.8. The molecule has 0 bridgehead atoms. The summed E-state index contributed by atoms with van der Waals surface area (Å²) in [6.45, 7) is 5.81. The highest BCUT2D eigenvalue weighted by molar-refractivity contribution is 5.66. The molecule has 3 rings (SSSR count). The van der Waals surface area contributed by atoms with E-state index in [0.717, 1.165) is 37.3 Å². The van der Waals surface area contributed by atoms with E-state index in [2.05, 4.69) is 54.4 Å². The van der Waals surface area contributed by atoms with Gasteiger partial charge in [-0.05, 0) is 50.5 Å². The van der Waals surface area contributed by atoms with Gasteiger partial charge in [0.25, 0.3) is 0 Å². The number of nitrogens with one attached hydrogen (secondary N) is 1. The molecule has 1 unspecified atom stereocenters. The summed E-state index contributed by atoms with van der Waals surface area (Å²) in [6.07, 6.45) is 1.31. The summed E-state index contributed by atoms with van der Waals surface area (Å²) in [5, 5.41) is 22.7. The van der Waals surface area contributed by atoms with Gasteiger partial charge >= 0.3 is 0 Å². The number of nitrogens with zero attached hydrogens (tertiary/aromatic N) is 2. The number of piperidine rings is 1. The van der Waals surface area contributed by atoms with Gasteiger partial charge in [-0.2, -0.15) is 5.26 Å². The van der Waals surface area contributed by atoms with Crippen molar-refractivity contribution in [2.45, 2.75) is 38.8 Å². The minimum absolute atomic E-state index is 0.169. The molecule has 1 saturated heterocycles. The second-order valence-corrected chi connectivity index (χ2v) is 6.84. The number of aliphatic hydroxyl groups excluding tert-OH is 1. The van der Waals surface area contributed by atoms with E-state index in [1.54, 1.807) is 0 Å². The van der Waals surface area contributed by atoms with Gasteiger partial charge in [-0.25, -0.2) is 0 Å². The molecule has 2 aromatic carbocycles. The quantitative estimate of drug-likeness (QED) is 0.886. The van der Waals surface area contributed by atoms with Gasteiger partial charge in [-0.3, -0.25) is 0 Å². The van der Waals surface area contributed by atoms with Gasteiger partial charge in [0, 0.05) is 24.8 Å². The van der Waals surface area contributed by atoms with Gasteiger partial charge in [-0.1, -0.05) is 29.8 Å². The van der Waals surface area contributed by atoms with Crippen LogP contribution in [-0.2, 0) is 0 Å². The summed E-state index contributed by atoms with van der Waals surface area (Å²) < 4.78 is 0. The molecule has 4 heteroatoms. The van der Waals surface area contributed by atoms with Crippen LogP contribution >= 0.6 is 0 Å². The number of aliphatic hydroxyl groups is 1. The van der Waals surface area contributed by atoms with Crippen molar-refractivity contribution < 1.29 is 5.11 Å². The molecule has 2 N–H and O–H groups in total. The first-order valence-electron chi connectivity index (χ1n) is 8.87. The van der Waals surface area contributed by atoms with E-state index in [0.29, 0.717) is 5.56 Å². The number of aryl methyl sites for hydroxylation is 1. The van der Waals surface area contributed by atoms with E-state index < -0.39 is 0 Å². The third kappa shape index (κ3) is 4.12. The maximum absolute atomic E-state index is 9.67. The summed E-state index contributed by atoms with van der Waals surface area (Å²) in [7, 11) is 0. The second-order valence-electron chi connectivity index (χ2n) is 6.84. The van der Waals surface area contributed by atoms with Crippen LogP contribution in [-0.4, -0.2) is 24.3 Å². The highest BCUT2D eigenvalue weighted by atomic mass is 16.3. The Labute approximate surface area is 149 Å². The molecular weight excluding hydrogens is 310 g/mol. The molecule has 25 heavy (non-hydrogen) atoms. The number of hydrogen-bond acceptors (Lipinski definition) is 4. The molecule has 1 atom stereocenters. The predicted molar refractivity (Wildman–Crippen MR) is 102 cm³/mol. The number of rotatable bonds is 4. The molecule has 130 valence electrons. The minimum atomic E-state index is -0.210. The number of benzene rings is 2. The predicted octanol–water partition coefficient (Wildman–Crippen LogP) is 4.00. The molecule has 1 fully saturated rings. The van der Waals surface area contributed by atoms with Crippen molar-refractivity contribution in [3.63, 3.8) is 0 Å². The van der Waals surface area contributed by atoms with Crippen molar-refractivity contribution in [1.82, 2.24) is 0 Å². The fourth-order valence-electron chi connectivity index (χ4n) is 3.37. The summed E-state index contributed by atoms with van der Waals surface area (Å²) >= 11 is 0. The van der Waals surface area contributed by atoms with Gasteiger partial charge in [-0.15, -0.1) is 0 Å². The van der Waals surface area contributed by atoms with Crippen LogP contribution in [0.15, 0.2) is 42.5 Å². The van der Waals surface area contributed by atoms with Crippen LogP contribution in [0.5, 0.6) is 0 Å². The zero-order valence-electron chi connectivity index (χ0n) is 14.9. The van der Waals surface area contributed by atoms with Gasteiger partial charge in [0.05, 0.1) is 17.4 Å². The zero-order valence-corrected chi connectivity index (χ0v) is 14.9. The molecule has 0 aromatic heterocycles. The van der Waals surface area contributed by atoms with Crippen molar-refractivity contribution in [2.24, 2.45) is 0 Å². The molecule has 1 aliphatic heterocycles. The molecule has 0 aliphatic carbocycles. The van der Waals surface area contributed by atoms with Crippen LogP contribution in [0.25, 0.3) is 0 Å². The first-order valence-corrected chi connectivity index (χ1v) is 8.87. The fourth-order valence-corrected chi connectivity index (χ4v) is 3.37. The van der Waals surface area contributed by atoms with E-state index in [-0.39, 0.29) is 12.1 Å². The largest absolute Gasteiger partial charge is 0.393 e. The third-order valence-corrected chi connectivity index (χ3v) is 4.85. The molecule has 1 aliphatic rings. The first kappa shape index (κ1) is 17.3. The molecule has 0 saturated carbocycles. The molecule has 1 heterocycles. The summed E-state index contributed by atoms with van der Waals surface area (Å²) in [5.41, 5.74) is 5.06. The van der Waals surface area contributed by atoms with Crippen molar-refractivity contribution in [1.29, 1.82) is 5.26 Å². The maximum atomic E-state index is 9.67. The number of hydrogen-bond donors (Lipinski definition) is 2. The maximum Gasteiger partial charge on any atom is 0.101 e. The van der Waals surface area contributed by atoms with Crippen molar-refractivity contribution in [3.05, 3.63) is 59.2 Å². The van der Waals surface area contributed by atoms with Gasteiger partial charge in [0.15, 0.2) is 0 Å². The van der Waals surface area contributed by atoms with Crippen molar-refractivity contribution in [2.75, 3.05) is 23.3 Å². The summed E-state index contributed by atoms with van der Waals surface area (Å²) in [5.74, 6) is 0. The van der Waals surface area contributed by atoms with Gasteiger partial charge in [0.1, 0.15) is 6.07 Å². The van der Waals surface area contributed by atoms with E-state index in [1.807, 2.05) is 18.2 Å². The normalized spacial score (nSPS) is 16.3. The SMILES string of the molecule is Cc1cccc(C(C)Nc2ccc(N3CCC(O)CC3)c(C#N)c2)c1. The van der Waals surface area contributed by atoms with Gasteiger partial charge in [0.2, 0.25) is 0 Å². The summed E-state index contributed by atoms with van der Waals surface area (Å²) in [4.78, 5) is 2.19. The Morgan fingerprint density at radius 1 is 1.20 bits per heavy atom. The average molecular weight is 335 g/mol. The minimum Gasteiger partial charge on any atom is -0.393 e. The Hall–Kier alpha value is -2.51. The lowest BCUT2D eigenvalue weighted by atomic mass is 10.0. The standard InChI is InChI=1S/C21H25N3O/c1-15-4-3-5-17(12-15)16(2)23-19-6-7-21(18(13-19)14-22)24-10-8-20(25)9-11-24/h3-7,12-13,16,20,23,25H,8-11H2,1-2H3. The van der Waals surface area contributed by atoms with E-state index in [1.165, 1.54) is 11.1 Å². The molecular formula is C21H25N3O. The molecule has 0 spiro atoms. The topological polar surface area (TPSA) is 59.3 Å². The number of anilines is 2. The van der Waals surface area contributed by atoms with Crippen LogP contribution < -0.4 is 10.2 Å². The Morgan fingerprint density at radius 3 is 2.64 bits per heavy atom. The van der Waals surface area contributed by atoms with Crippen LogP contribution in [0, 0.1) is 18.3 Å². The Balaban J connectivity index is 1.76. The molecule has 4 nitrogen and oxygen atoms in total. The van der Waals surface area contributed by atoms with Crippen molar-refractivity contribution >= 4 is 11.4 Å². The van der Waals surface area contributed by atoms with Crippen molar-refractivity contribution in [3.8, 4) is 6.07 Å². The van der Waals surface area contributed by atoms with Crippen LogP contribution in [0.4, 0.5) is 11.4 Å². The average Bonchev–Trinajstić information content (AvgIpc) is 2.62. The van der Waals surface area contributed by atoms with E-state index in [4.69, 9.17) is 0 Å². The third-order valence-electron chi connectivity index (χ3n) is 4.85. The fraction of sp³-hybridized carbons (Fsp3) is 0.381. The lowest BCUT2D eigenvalue weighted by molar-refractivity contribution is 0.145. The Bertz CT molecular complexity index is 773. The highest BCUT2D eigenvalue weighted by Gasteiger charge is 2.19. The first-order chi connectivity index (χ1) is 12.1. The molecule has 0 radical (unpaired) electrons. The van der Waals surface area contributed by atoms with Crippen LogP contribution in [0.1, 0.15) is 42.5 Å². The summed E-state index contributed by atoms with van der Waals surface area (Å²) in [6, 6.07) is 16.9. The van der Waals surface area contributed by atoms with E-state index >= 15 is 0 Å². The Morgan fingerprint density at radius 2 is 1.96 bits per heavy atom. The number of nitriles is 1. The lowest BCUT2D eigenvalue weighted by Gasteiger charge is -2.32. The molecule has 0 amide bonds. The van der Waals surface area contributed by atoms with Crippen LogP contribution in [0.2, 0.25) is 0 Å². The Kier molecular flexibility index (Phi) is 5.25. The monoisotopic (exact) mass is 335 g/mol. The lowest BCUT2D eigenvalue weighted by Crippen LogP contribution is -2.36.